The molecule has 7 nitrogen and oxygen atoms in total. The maximum Gasteiger partial charge on any atom is 0.259 e. The van der Waals surface area contributed by atoms with Gasteiger partial charge in [0.1, 0.15) is 11.5 Å². The van der Waals surface area contributed by atoms with Gasteiger partial charge in [-0.05, 0) is 59.2 Å². The number of aryl methyl sites for hydroxylation is 3. The van der Waals surface area contributed by atoms with Crippen LogP contribution in [0.3, 0.4) is 0 Å². The van der Waals surface area contributed by atoms with E-state index in [-0.39, 0.29) is 30.4 Å². The van der Waals surface area contributed by atoms with Gasteiger partial charge in [0, 0.05) is 17.6 Å². The van der Waals surface area contributed by atoms with Crippen LogP contribution in [0.4, 0.5) is 0 Å². The van der Waals surface area contributed by atoms with Crippen LogP contribution in [-0.4, -0.2) is 34.7 Å². The van der Waals surface area contributed by atoms with Crippen LogP contribution in [0.1, 0.15) is 47.3 Å². The first-order valence-electron chi connectivity index (χ1n) is 9.32. The maximum absolute atomic E-state index is 13.1. The Kier molecular flexibility index (Phi) is 5.76. The van der Waals surface area contributed by atoms with E-state index in [9.17, 15) is 4.79 Å². The molecule has 4 rings (SSSR count). The van der Waals surface area contributed by atoms with Crippen molar-refractivity contribution in [1.82, 2.24) is 20.8 Å². The molecule has 1 aliphatic rings. The number of furan rings is 1. The number of amides is 1. The van der Waals surface area contributed by atoms with Gasteiger partial charge >= 0.3 is 0 Å². The average molecular weight is 405 g/mol. The number of hydrogen-bond donors (Lipinski definition) is 2. The van der Waals surface area contributed by atoms with E-state index >= 15 is 0 Å². The third kappa shape index (κ3) is 3.64. The molecule has 0 spiro atoms. The number of nitrogens with one attached hydrogen (secondary N) is 2. The Bertz CT molecular complexity index is 1010. The molecule has 2 unspecified atom stereocenters. The normalized spacial score (nSPS) is 19.4. The van der Waals surface area contributed by atoms with Gasteiger partial charge in [-0.15, -0.1) is 12.4 Å². The molecule has 0 radical (unpaired) electrons. The van der Waals surface area contributed by atoms with E-state index in [0.717, 1.165) is 36.5 Å². The highest BCUT2D eigenvalue weighted by Crippen LogP contribution is 2.30. The van der Waals surface area contributed by atoms with Gasteiger partial charge in [0.15, 0.2) is 0 Å². The number of fused-ring (bicyclic) bond motifs is 1. The van der Waals surface area contributed by atoms with E-state index in [4.69, 9.17) is 8.94 Å². The Hall–Kier alpha value is -2.38. The SMILES string of the molecule is Cc1cc(-c2cc(C(=O)NC3CCCNC3C)c3c(C)noc3n2)c(C)o1.Cl. The summed E-state index contributed by atoms with van der Waals surface area (Å²) in [5.74, 6) is 1.42. The van der Waals surface area contributed by atoms with Crippen LogP contribution in [-0.2, 0) is 0 Å². The predicted molar refractivity (Wildman–Crippen MR) is 109 cm³/mol. The van der Waals surface area contributed by atoms with Gasteiger partial charge in [-0.1, -0.05) is 5.16 Å². The highest BCUT2D eigenvalue weighted by atomic mass is 35.5. The molecule has 4 heterocycles. The zero-order chi connectivity index (χ0) is 19.1. The summed E-state index contributed by atoms with van der Waals surface area (Å²) in [6.45, 7) is 8.68. The largest absolute Gasteiger partial charge is 0.466 e. The molecule has 0 saturated carbocycles. The van der Waals surface area contributed by atoms with Crippen molar-refractivity contribution in [3.63, 3.8) is 0 Å². The quantitative estimate of drug-likeness (QED) is 0.691. The topological polar surface area (TPSA) is 93.2 Å². The summed E-state index contributed by atoms with van der Waals surface area (Å²) in [6.07, 6.45) is 2.01. The number of carbonyl (C=O) groups is 1. The van der Waals surface area contributed by atoms with Crippen molar-refractivity contribution in [3.05, 3.63) is 34.9 Å². The lowest BCUT2D eigenvalue weighted by molar-refractivity contribution is 0.0921. The van der Waals surface area contributed by atoms with Gasteiger partial charge in [-0.25, -0.2) is 4.98 Å². The Balaban J connectivity index is 0.00000225. The summed E-state index contributed by atoms with van der Waals surface area (Å²) in [4.78, 5) is 17.7. The number of piperidine rings is 1. The fraction of sp³-hybridized carbons (Fsp3) is 0.450. The van der Waals surface area contributed by atoms with Gasteiger partial charge < -0.3 is 19.6 Å². The van der Waals surface area contributed by atoms with Crippen molar-refractivity contribution in [2.45, 2.75) is 52.6 Å². The van der Waals surface area contributed by atoms with Crippen molar-refractivity contribution in [3.8, 4) is 11.3 Å². The molecule has 2 atom stereocenters. The lowest BCUT2D eigenvalue weighted by atomic mass is 9.98. The van der Waals surface area contributed by atoms with Crippen molar-refractivity contribution >= 4 is 29.4 Å². The van der Waals surface area contributed by atoms with Gasteiger partial charge in [0.05, 0.1) is 22.3 Å². The maximum atomic E-state index is 13.1. The molecule has 0 bridgehead atoms. The third-order valence-electron chi connectivity index (χ3n) is 5.26. The third-order valence-corrected chi connectivity index (χ3v) is 5.26. The minimum absolute atomic E-state index is 0. The standard InChI is InChI=1S/C20H24N4O3.ClH/c1-10-8-14(13(4)26-10)17-9-15(18-12(3)24-27-20(18)23-17)19(25)22-16-6-5-7-21-11(16)2;/h8-9,11,16,21H,5-7H2,1-4H3,(H,22,25);1H. The van der Waals surface area contributed by atoms with Crippen LogP contribution in [0.15, 0.2) is 21.1 Å². The zero-order valence-corrected chi connectivity index (χ0v) is 17.3. The summed E-state index contributed by atoms with van der Waals surface area (Å²) in [5, 5.41) is 11.2. The monoisotopic (exact) mass is 404 g/mol. The fourth-order valence-corrected chi connectivity index (χ4v) is 3.78. The fourth-order valence-electron chi connectivity index (χ4n) is 3.78. The zero-order valence-electron chi connectivity index (χ0n) is 16.5. The summed E-state index contributed by atoms with van der Waals surface area (Å²) >= 11 is 0. The second-order valence-corrected chi connectivity index (χ2v) is 7.30. The van der Waals surface area contributed by atoms with E-state index in [0.29, 0.717) is 28.1 Å². The number of pyridine rings is 1. The molecule has 1 fully saturated rings. The molecule has 2 N–H and O–H groups in total. The van der Waals surface area contributed by atoms with Crippen LogP contribution in [0, 0.1) is 20.8 Å². The molecule has 3 aromatic rings. The summed E-state index contributed by atoms with van der Waals surface area (Å²) < 4.78 is 11.0. The van der Waals surface area contributed by atoms with Gasteiger partial charge in [0.2, 0.25) is 0 Å². The second-order valence-electron chi connectivity index (χ2n) is 7.30. The van der Waals surface area contributed by atoms with Crippen molar-refractivity contribution in [2.24, 2.45) is 0 Å². The molecule has 0 aromatic carbocycles. The van der Waals surface area contributed by atoms with Gasteiger partial charge in [0.25, 0.3) is 11.6 Å². The molecule has 0 aliphatic carbocycles. The minimum atomic E-state index is -0.131. The van der Waals surface area contributed by atoms with E-state index in [1.165, 1.54) is 0 Å². The predicted octanol–water partition coefficient (Wildman–Crippen LogP) is 3.70. The number of halogens is 1. The summed E-state index contributed by atoms with van der Waals surface area (Å²) in [5.41, 5.74) is 3.05. The Morgan fingerprint density at radius 1 is 1.29 bits per heavy atom. The van der Waals surface area contributed by atoms with Crippen LogP contribution >= 0.6 is 12.4 Å². The van der Waals surface area contributed by atoms with E-state index < -0.39 is 0 Å². The van der Waals surface area contributed by atoms with Crippen molar-refractivity contribution < 1.29 is 13.7 Å². The number of carbonyl (C=O) groups excluding carboxylic acids is 1. The van der Waals surface area contributed by atoms with Crippen LogP contribution in [0.2, 0.25) is 0 Å². The molecule has 1 saturated heterocycles. The Morgan fingerprint density at radius 2 is 2.07 bits per heavy atom. The van der Waals surface area contributed by atoms with E-state index in [1.54, 1.807) is 6.07 Å². The summed E-state index contributed by atoms with van der Waals surface area (Å²) in [6, 6.07) is 4.06. The van der Waals surface area contributed by atoms with Gasteiger partial charge in [-0.2, -0.15) is 0 Å². The Morgan fingerprint density at radius 3 is 2.75 bits per heavy atom. The average Bonchev–Trinajstić information content (AvgIpc) is 3.18. The highest BCUT2D eigenvalue weighted by Gasteiger charge is 2.26. The molecule has 28 heavy (non-hydrogen) atoms. The number of hydrogen-bond acceptors (Lipinski definition) is 6. The molecule has 3 aromatic heterocycles. The molecular weight excluding hydrogens is 380 g/mol. The van der Waals surface area contributed by atoms with E-state index in [2.05, 4.69) is 27.7 Å². The molecular formula is C20H25ClN4O3. The Labute approximate surface area is 169 Å². The molecule has 1 aliphatic heterocycles. The van der Waals surface area contributed by atoms with Crippen molar-refractivity contribution in [1.29, 1.82) is 0 Å². The smallest absolute Gasteiger partial charge is 0.259 e. The van der Waals surface area contributed by atoms with Crippen LogP contribution in [0.25, 0.3) is 22.4 Å². The minimum Gasteiger partial charge on any atom is -0.466 e. The lowest BCUT2D eigenvalue weighted by Gasteiger charge is -2.30. The van der Waals surface area contributed by atoms with Crippen molar-refractivity contribution in [2.75, 3.05) is 6.54 Å². The lowest BCUT2D eigenvalue weighted by Crippen LogP contribution is -2.51. The number of aromatic nitrogens is 2. The first-order valence-corrected chi connectivity index (χ1v) is 9.32. The number of nitrogens with zero attached hydrogens (tertiary/aromatic N) is 2. The van der Waals surface area contributed by atoms with Crippen LogP contribution in [0.5, 0.6) is 0 Å². The highest BCUT2D eigenvalue weighted by molar-refractivity contribution is 6.07. The van der Waals surface area contributed by atoms with Crippen LogP contribution < -0.4 is 10.6 Å². The van der Waals surface area contributed by atoms with Gasteiger partial charge in [-0.3, -0.25) is 4.79 Å². The first-order chi connectivity index (χ1) is 12.9. The first kappa shape index (κ1) is 20.4. The molecule has 1 amide bonds. The number of rotatable bonds is 3. The molecule has 150 valence electrons. The van der Waals surface area contributed by atoms with E-state index in [1.807, 2.05) is 26.8 Å². The molecule has 8 heteroatoms. The summed E-state index contributed by atoms with van der Waals surface area (Å²) in [7, 11) is 0. The second kappa shape index (κ2) is 7.93.